The molecule has 88 heavy (non-hydrogen) atoms. The minimum Gasteiger partial charge on any atom is -0.496 e. The number of nitrogens with two attached hydrogens (primary N) is 1. The van der Waals surface area contributed by atoms with Gasteiger partial charge in [0.15, 0.2) is 5.72 Å². The minimum absolute atomic E-state index is 0.0132. The summed E-state index contributed by atoms with van der Waals surface area (Å²) in [6, 6.07) is 2.69. The van der Waals surface area contributed by atoms with Gasteiger partial charge in [0.1, 0.15) is 58.8 Å². The van der Waals surface area contributed by atoms with Gasteiger partial charge in [0.05, 0.1) is 56.7 Å². The second-order valence-electron chi connectivity index (χ2n) is 22.7. The number of fused-ring (bicyclic) bond motifs is 5. The van der Waals surface area contributed by atoms with Crippen LogP contribution in [0.5, 0.6) is 11.5 Å². The maximum absolute atomic E-state index is 14.6. The maximum atomic E-state index is 14.6. The molecule has 0 aliphatic carbocycles. The number of urea groups is 1. The summed E-state index contributed by atoms with van der Waals surface area (Å²) in [6.07, 6.45) is 2.09. The largest absolute Gasteiger partial charge is 0.496 e. The molecule has 3 aliphatic rings. The Kier molecular flexibility index (Phi) is 26.4. The lowest BCUT2D eigenvalue weighted by Gasteiger charge is -2.42. The zero-order valence-electron chi connectivity index (χ0n) is 51.7. The van der Waals surface area contributed by atoms with Crippen LogP contribution < -0.4 is 46.7 Å². The molecule has 2 fully saturated rings. The Labute approximate surface area is 526 Å². The molecule has 2 aromatic rings. The van der Waals surface area contributed by atoms with Crippen molar-refractivity contribution in [1.82, 2.24) is 26.2 Å². The second kappa shape index (κ2) is 32.4. The van der Waals surface area contributed by atoms with Crippen LogP contribution in [-0.2, 0) is 58.9 Å². The molecular formula is C61H84BrClN8O17. The van der Waals surface area contributed by atoms with E-state index in [1.165, 1.54) is 65.4 Å². The van der Waals surface area contributed by atoms with E-state index in [0.29, 0.717) is 43.4 Å². The molecule has 11 atom stereocenters. The number of nitrogens with zero attached hydrogens (tertiary/aromatic N) is 2. The van der Waals surface area contributed by atoms with Gasteiger partial charge >= 0.3 is 24.1 Å². The summed E-state index contributed by atoms with van der Waals surface area (Å²) in [6.45, 7) is 14.1. The molecule has 1 unspecified atom stereocenters. The number of alkyl halides is 1. The number of esters is 2. The van der Waals surface area contributed by atoms with Crippen LogP contribution in [-0.4, -0.2) is 178 Å². The number of epoxide rings is 1. The van der Waals surface area contributed by atoms with E-state index in [4.69, 9.17) is 50.5 Å². The van der Waals surface area contributed by atoms with Gasteiger partial charge in [-0.05, 0) is 95.0 Å². The third-order valence-electron chi connectivity index (χ3n) is 15.9. The molecule has 2 saturated heterocycles. The van der Waals surface area contributed by atoms with Crippen molar-refractivity contribution in [3.63, 3.8) is 0 Å². The Morgan fingerprint density at radius 3 is 2.38 bits per heavy atom. The lowest BCUT2D eigenvalue weighted by molar-refractivity contribution is -0.158. The predicted molar refractivity (Wildman–Crippen MR) is 330 cm³/mol. The van der Waals surface area contributed by atoms with Crippen molar-refractivity contribution >= 4 is 92.9 Å². The molecular weight excluding hydrogens is 1230 g/mol. The first kappa shape index (κ1) is 71.7. The van der Waals surface area contributed by atoms with Gasteiger partial charge in [-0.25, -0.2) is 19.2 Å². The van der Waals surface area contributed by atoms with E-state index < -0.39 is 120 Å². The Balaban J connectivity index is 1.36. The predicted octanol–water partition coefficient (Wildman–Crippen LogP) is 5.56. The Bertz CT molecular complexity index is 2970. The first-order valence-electron chi connectivity index (χ1n) is 28.9. The van der Waals surface area contributed by atoms with E-state index in [-0.39, 0.29) is 71.3 Å². The maximum Gasteiger partial charge on any atom is 0.409 e. The lowest BCUT2D eigenvalue weighted by Crippen LogP contribution is -2.63. The first-order valence-corrected chi connectivity index (χ1v) is 30.4. The van der Waals surface area contributed by atoms with Crippen LogP contribution in [0.15, 0.2) is 66.3 Å². The fraction of sp³-hybridized carbons (Fsp3) is 0.557. The van der Waals surface area contributed by atoms with Gasteiger partial charge in [0.2, 0.25) is 17.7 Å². The van der Waals surface area contributed by atoms with Gasteiger partial charge in [0, 0.05) is 62.7 Å². The van der Waals surface area contributed by atoms with Gasteiger partial charge in [0.25, 0.3) is 5.91 Å². The number of hydrogen-bond donors (Lipinski definition) is 7. The number of unbranched alkanes of at least 4 members (excludes halogenated alkanes) is 1. The van der Waals surface area contributed by atoms with Crippen molar-refractivity contribution in [1.29, 1.82) is 0 Å². The highest BCUT2D eigenvalue weighted by Gasteiger charge is 2.64. The number of carbonyl (C=O) groups excluding carboxylic acids is 9. The van der Waals surface area contributed by atoms with E-state index >= 15 is 0 Å². The van der Waals surface area contributed by atoms with E-state index in [1.54, 1.807) is 52.0 Å². The smallest absolute Gasteiger partial charge is 0.409 e. The third-order valence-corrected chi connectivity index (χ3v) is 16.9. The number of aldehydes is 1. The van der Waals surface area contributed by atoms with Gasteiger partial charge < -0.3 is 74.5 Å². The van der Waals surface area contributed by atoms with Crippen LogP contribution in [0.3, 0.4) is 0 Å². The molecule has 7 amide bonds. The molecule has 0 aromatic heterocycles. The summed E-state index contributed by atoms with van der Waals surface area (Å²) < 4.78 is 40.4. The summed E-state index contributed by atoms with van der Waals surface area (Å²) in [5.41, 5.74) is 4.26. The number of aliphatic hydroxyl groups is 1. The molecule has 3 heterocycles. The molecule has 3 aliphatic heterocycles. The van der Waals surface area contributed by atoms with Crippen LogP contribution in [0, 0.1) is 11.8 Å². The highest BCUT2D eigenvalue weighted by molar-refractivity contribution is 9.09. The number of methoxy groups -OCH3 is 3. The van der Waals surface area contributed by atoms with E-state index in [0.717, 1.165) is 16.0 Å². The zero-order valence-corrected chi connectivity index (χ0v) is 54.0. The minimum atomic E-state index is -1.93. The molecule has 8 N–H and O–H groups in total. The van der Waals surface area contributed by atoms with Crippen LogP contribution in [0.25, 0.3) is 0 Å². The Morgan fingerprint density at radius 1 is 1.03 bits per heavy atom. The summed E-state index contributed by atoms with van der Waals surface area (Å²) in [5, 5.41) is 26.0. The summed E-state index contributed by atoms with van der Waals surface area (Å²) in [5.74, 6) is -4.68. The number of primary amides is 1. The zero-order chi connectivity index (χ0) is 65.4. The normalized spacial score (nSPS) is 24.2. The number of amides is 7. The SMILES string of the molecule is C=C(CBr)C(=O)OCCCCC(C=O)N[C@H](C(=O)N[C@@H](CCCNC(N)=O)C(=O)Nc1ccc(C(=O)N(C)[C@@H](C)C(=O)O[C@H]2CC(=O)N(C)c3cc(cc(OC)c3Cl)C/C(C)=C/C=C/[C@@H](OC)[C@@]3(O)C[C@H](OC(=O)N3)[C@@H](C)[C@@H]3O[C@@]23C)c(OC)c1)C(C)C. The van der Waals surface area contributed by atoms with E-state index in [9.17, 15) is 48.3 Å². The first-order chi connectivity index (χ1) is 41.6. The number of alkyl carbamates (subject to hydrolysis) is 1. The molecule has 484 valence electrons. The highest BCUT2D eigenvalue weighted by atomic mass is 79.9. The van der Waals surface area contributed by atoms with Crippen LogP contribution in [0.1, 0.15) is 102 Å². The molecule has 25 nitrogen and oxygen atoms in total. The molecule has 5 rings (SSSR count). The van der Waals surface area contributed by atoms with Crippen LogP contribution in [0.4, 0.5) is 21.0 Å². The quantitative estimate of drug-likeness (QED) is 0.0115. The summed E-state index contributed by atoms with van der Waals surface area (Å²) in [7, 11) is 7.03. The van der Waals surface area contributed by atoms with Crippen molar-refractivity contribution in [2.24, 2.45) is 17.6 Å². The van der Waals surface area contributed by atoms with Crippen LogP contribution in [0.2, 0.25) is 5.02 Å². The lowest BCUT2D eigenvalue weighted by atomic mass is 9.83. The van der Waals surface area contributed by atoms with Crippen molar-refractivity contribution in [2.45, 2.75) is 153 Å². The van der Waals surface area contributed by atoms with E-state index in [1.807, 2.05) is 13.0 Å². The molecule has 0 spiro atoms. The number of benzene rings is 2. The third kappa shape index (κ3) is 18.7. The number of anilines is 2. The topological polar surface area (TPSA) is 334 Å². The second-order valence-corrected chi connectivity index (χ2v) is 23.7. The average molecular weight is 1320 g/mol. The number of rotatable bonds is 26. The number of ether oxygens (including phenoxy) is 7. The number of likely N-dealkylation sites (N-methyl/N-ethyl adjacent to an activating group) is 1. The molecule has 0 radical (unpaired) electrons. The van der Waals surface area contributed by atoms with Crippen LogP contribution >= 0.6 is 27.5 Å². The Morgan fingerprint density at radius 2 is 1.74 bits per heavy atom. The average Bonchev–Trinajstić information content (AvgIpc) is 2.30. The highest BCUT2D eigenvalue weighted by Crippen LogP contribution is 2.49. The summed E-state index contributed by atoms with van der Waals surface area (Å²) in [4.78, 5) is 123. The number of hydrogen-bond acceptors (Lipinski definition) is 18. The number of carbonyl (C=O) groups is 9. The number of allylic oxidation sites excluding steroid dienone is 3. The fourth-order valence-electron chi connectivity index (χ4n) is 10.4. The molecule has 4 bridgehead atoms. The fourth-order valence-corrected chi connectivity index (χ4v) is 10.9. The number of nitrogens with one attached hydrogen (secondary N) is 5. The van der Waals surface area contributed by atoms with Gasteiger partial charge in [-0.3, -0.25) is 29.8 Å². The molecule has 27 heteroatoms. The van der Waals surface area contributed by atoms with Crippen molar-refractivity contribution < 1.29 is 81.4 Å². The van der Waals surface area contributed by atoms with Crippen molar-refractivity contribution in [2.75, 3.05) is 64.1 Å². The number of halogens is 2. The van der Waals surface area contributed by atoms with Crippen molar-refractivity contribution in [3.8, 4) is 11.5 Å². The Hall–Kier alpha value is -7.10. The van der Waals surface area contributed by atoms with Gasteiger partial charge in [-0.15, -0.1) is 0 Å². The molecule has 0 saturated carbocycles. The monoisotopic (exact) mass is 1310 g/mol. The van der Waals surface area contributed by atoms with Crippen molar-refractivity contribution in [3.05, 3.63) is 82.4 Å². The standard InChI is InChI=1S/C61H84BrClN8O17/c1-33(2)51(66-40(32-72)18-13-14-24-85-56(77)35(4)31-62)54(75)68-42(19-16-23-65-58(64)79)53(74)67-39-21-22-41(44(28-39)82-10)55(76)70(8)37(6)57(78)87-48-29-49(73)71(9)43-26-38(27-45(83-11)50(43)63)25-34(3)17-15-20-47(84-12)61(81)30-46(86-59(80)69-61)36(5)52-60(48,7)88-52/h15,17,20-22,26-28,32-33,36-37,40,42,46-48,51-52,66,81H,4,13-14,16,18-19,23-25,29-31H2,1-3,5-12H3,(H,67,74)(H,68,75)(H,69,80)(H3,64,65,79)/b20-15+,34-17+/t36-,37+,40?,42+,46+,47-,48+,51+,52+,60+,61+/m1/s1. The summed E-state index contributed by atoms with van der Waals surface area (Å²) >= 11 is 10.0. The van der Waals surface area contributed by atoms with Gasteiger partial charge in [-0.1, -0.05) is 78.7 Å². The molecule has 2 aromatic carbocycles. The van der Waals surface area contributed by atoms with Gasteiger partial charge in [-0.2, -0.15) is 0 Å². The van der Waals surface area contributed by atoms with E-state index in [2.05, 4.69) is 49.1 Å².